The van der Waals surface area contributed by atoms with E-state index in [0.29, 0.717) is 27.2 Å². The maximum absolute atomic E-state index is 13.0. The highest BCUT2D eigenvalue weighted by molar-refractivity contribution is 9.10. The van der Waals surface area contributed by atoms with Gasteiger partial charge in [0.15, 0.2) is 10.8 Å². The average Bonchev–Trinajstić information content (AvgIpc) is 3.10. The lowest BCUT2D eigenvalue weighted by molar-refractivity contribution is 0.0466. The molecule has 27 heavy (non-hydrogen) atoms. The molecule has 1 aliphatic rings. The van der Waals surface area contributed by atoms with Crippen LogP contribution in [0, 0.1) is 0 Å². The highest BCUT2D eigenvalue weighted by Gasteiger charge is 2.36. The highest BCUT2D eigenvalue weighted by Crippen LogP contribution is 2.33. The van der Waals surface area contributed by atoms with Gasteiger partial charge in [-0.15, -0.1) is 0 Å². The van der Waals surface area contributed by atoms with E-state index in [4.69, 9.17) is 4.42 Å². The summed E-state index contributed by atoms with van der Waals surface area (Å²) in [5, 5.41) is 4.49. The van der Waals surface area contributed by atoms with Crippen LogP contribution in [0.4, 0.5) is 5.69 Å². The van der Waals surface area contributed by atoms with Crippen molar-refractivity contribution in [3.63, 3.8) is 0 Å². The quantitative estimate of drug-likeness (QED) is 0.557. The number of carbonyl (C=O) groups excluding carboxylic acids is 2. The number of fused-ring (bicyclic) bond motifs is 1. The normalized spacial score (nSPS) is 15.9. The molecule has 136 valence electrons. The van der Waals surface area contributed by atoms with Gasteiger partial charge in [0.1, 0.15) is 5.76 Å². The summed E-state index contributed by atoms with van der Waals surface area (Å²) in [6.45, 7) is 0. The van der Waals surface area contributed by atoms with Crippen molar-refractivity contribution < 1.29 is 14.0 Å². The third kappa shape index (κ3) is 3.50. The molecular weight excluding hydrogens is 478 g/mol. The molecule has 2 amide bonds. The number of hydrazine groups is 1. The van der Waals surface area contributed by atoms with Crippen LogP contribution in [0.1, 0.15) is 32.6 Å². The fourth-order valence-electron chi connectivity index (χ4n) is 2.82. The number of carbonyl (C=O) groups is 2. The van der Waals surface area contributed by atoms with Gasteiger partial charge in [-0.05, 0) is 64.5 Å². The third-order valence-corrected chi connectivity index (χ3v) is 5.07. The van der Waals surface area contributed by atoms with E-state index in [1.807, 2.05) is 12.1 Å². The standard InChI is InChI=1S/C19H13Br2N3O3/c20-12-7-5-11(6-8-12)18(25)23-24-17(15-9-10-16(21)27-15)22-14-4-2-1-3-13(14)19(24)26/h1-10,17,22H,(H,23,25). The second-order valence-electron chi connectivity index (χ2n) is 5.86. The number of benzene rings is 2. The SMILES string of the molecule is O=C(NN1C(=O)c2ccccc2NC1c1ccc(Br)o1)c1ccc(Br)cc1. The minimum Gasteiger partial charge on any atom is -0.450 e. The van der Waals surface area contributed by atoms with E-state index in [1.54, 1.807) is 48.5 Å². The Kier molecular flexibility index (Phi) is 4.75. The van der Waals surface area contributed by atoms with E-state index in [2.05, 4.69) is 42.6 Å². The summed E-state index contributed by atoms with van der Waals surface area (Å²) < 4.78 is 7.02. The molecule has 2 heterocycles. The zero-order valence-electron chi connectivity index (χ0n) is 13.8. The Balaban J connectivity index is 1.69. The number of rotatable bonds is 3. The van der Waals surface area contributed by atoms with Crippen LogP contribution >= 0.6 is 31.9 Å². The average molecular weight is 491 g/mol. The zero-order valence-corrected chi connectivity index (χ0v) is 17.0. The van der Waals surface area contributed by atoms with Crippen molar-refractivity contribution in [3.8, 4) is 0 Å². The second-order valence-corrected chi connectivity index (χ2v) is 7.55. The Hall–Kier alpha value is -2.58. The molecule has 8 heteroatoms. The Bertz CT molecular complexity index is 1020. The van der Waals surface area contributed by atoms with Gasteiger partial charge in [-0.1, -0.05) is 28.1 Å². The Morgan fingerprint density at radius 3 is 2.48 bits per heavy atom. The number of furan rings is 1. The summed E-state index contributed by atoms with van der Waals surface area (Å²) in [6, 6.07) is 17.5. The number of nitrogens with zero attached hydrogens (tertiary/aromatic N) is 1. The molecule has 0 fully saturated rings. The monoisotopic (exact) mass is 489 g/mol. The molecule has 0 saturated carbocycles. The first kappa shape index (κ1) is 17.8. The second kappa shape index (κ2) is 7.21. The number of anilines is 1. The minimum atomic E-state index is -0.682. The van der Waals surface area contributed by atoms with E-state index < -0.39 is 12.1 Å². The van der Waals surface area contributed by atoms with Gasteiger partial charge in [-0.3, -0.25) is 15.0 Å². The first-order valence-corrected chi connectivity index (χ1v) is 9.62. The molecule has 1 unspecified atom stereocenters. The van der Waals surface area contributed by atoms with Gasteiger partial charge < -0.3 is 9.73 Å². The first-order valence-electron chi connectivity index (χ1n) is 8.04. The fraction of sp³-hybridized carbons (Fsp3) is 0.0526. The Morgan fingerprint density at radius 1 is 1.04 bits per heavy atom. The Labute approximate surface area is 171 Å². The van der Waals surface area contributed by atoms with Gasteiger partial charge in [-0.2, -0.15) is 0 Å². The van der Waals surface area contributed by atoms with Crippen molar-refractivity contribution in [2.24, 2.45) is 0 Å². The van der Waals surface area contributed by atoms with E-state index in [-0.39, 0.29) is 5.91 Å². The number of amides is 2. The molecule has 0 radical (unpaired) electrons. The van der Waals surface area contributed by atoms with Crippen LogP contribution < -0.4 is 10.7 Å². The van der Waals surface area contributed by atoms with Gasteiger partial charge in [0.05, 0.1) is 5.56 Å². The third-order valence-electron chi connectivity index (χ3n) is 4.12. The molecule has 1 aliphatic heterocycles. The Morgan fingerprint density at radius 2 is 1.78 bits per heavy atom. The van der Waals surface area contributed by atoms with Crippen molar-refractivity contribution in [3.05, 3.63) is 86.7 Å². The van der Waals surface area contributed by atoms with E-state index in [0.717, 1.165) is 4.47 Å². The van der Waals surface area contributed by atoms with E-state index >= 15 is 0 Å². The van der Waals surface area contributed by atoms with E-state index in [1.165, 1.54) is 5.01 Å². The number of halogens is 2. The molecule has 3 aromatic rings. The molecule has 1 atom stereocenters. The predicted molar refractivity (Wildman–Crippen MR) is 107 cm³/mol. The number of hydrogen-bond donors (Lipinski definition) is 2. The highest BCUT2D eigenvalue weighted by atomic mass is 79.9. The molecular formula is C19H13Br2N3O3. The van der Waals surface area contributed by atoms with Crippen LogP contribution in [-0.4, -0.2) is 16.8 Å². The summed E-state index contributed by atoms with van der Waals surface area (Å²) >= 11 is 6.61. The number of nitrogens with one attached hydrogen (secondary N) is 2. The van der Waals surface area contributed by atoms with Crippen LogP contribution in [0.25, 0.3) is 0 Å². The molecule has 2 aromatic carbocycles. The van der Waals surface area contributed by atoms with Gasteiger partial charge in [-0.25, -0.2) is 5.01 Å². The van der Waals surface area contributed by atoms with Gasteiger partial charge in [0, 0.05) is 15.7 Å². The first-order chi connectivity index (χ1) is 13.0. The van der Waals surface area contributed by atoms with Crippen molar-refractivity contribution in [1.29, 1.82) is 0 Å². The van der Waals surface area contributed by atoms with Crippen LogP contribution in [0.2, 0.25) is 0 Å². The molecule has 0 spiro atoms. The van der Waals surface area contributed by atoms with Crippen LogP contribution in [0.3, 0.4) is 0 Å². The number of para-hydroxylation sites is 1. The summed E-state index contributed by atoms with van der Waals surface area (Å²) in [6.07, 6.45) is -0.682. The smallest absolute Gasteiger partial charge is 0.276 e. The lowest BCUT2D eigenvalue weighted by atomic mass is 10.1. The predicted octanol–water partition coefficient (Wildman–Crippen LogP) is 4.72. The van der Waals surface area contributed by atoms with Crippen LogP contribution in [0.15, 0.2) is 74.2 Å². The van der Waals surface area contributed by atoms with Crippen molar-refractivity contribution in [2.45, 2.75) is 6.17 Å². The lowest BCUT2D eigenvalue weighted by Gasteiger charge is -2.36. The summed E-state index contributed by atoms with van der Waals surface area (Å²) in [5.41, 5.74) is 4.27. The van der Waals surface area contributed by atoms with Crippen molar-refractivity contribution in [1.82, 2.24) is 10.4 Å². The van der Waals surface area contributed by atoms with Crippen molar-refractivity contribution >= 4 is 49.4 Å². The molecule has 0 aliphatic carbocycles. The largest absolute Gasteiger partial charge is 0.450 e. The van der Waals surface area contributed by atoms with Gasteiger partial charge in [0.2, 0.25) is 0 Å². The number of hydrogen-bond acceptors (Lipinski definition) is 4. The van der Waals surface area contributed by atoms with Gasteiger partial charge in [0.25, 0.3) is 11.8 Å². The molecule has 6 nitrogen and oxygen atoms in total. The van der Waals surface area contributed by atoms with E-state index in [9.17, 15) is 9.59 Å². The van der Waals surface area contributed by atoms with Crippen molar-refractivity contribution in [2.75, 3.05) is 5.32 Å². The molecule has 0 bridgehead atoms. The summed E-state index contributed by atoms with van der Waals surface area (Å²) in [7, 11) is 0. The topological polar surface area (TPSA) is 74.6 Å². The van der Waals surface area contributed by atoms with Gasteiger partial charge >= 0.3 is 0 Å². The molecule has 2 N–H and O–H groups in total. The van der Waals surface area contributed by atoms with Crippen LogP contribution in [0.5, 0.6) is 0 Å². The molecule has 0 saturated heterocycles. The maximum Gasteiger partial charge on any atom is 0.276 e. The minimum absolute atomic E-state index is 0.327. The molecule has 1 aromatic heterocycles. The van der Waals surface area contributed by atoms with Crippen LogP contribution in [-0.2, 0) is 0 Å². The lowest BCUT2D eigenvalue weighted by Crippen LogP contribution is -2.52. The summed E-state index contributed by atoms with van der Waals surface area (Å²) in [4.78, 5) is 25.7. The summed E-state index contributed by atoms with van der Waals surface area (Å²) in [5.74, 6) is -0.235. The maximum atomic E-state index is 13.0. The fourth-order valence-corrected chi connectivity index (χ4v) is 3.40. The molecule has 4 rings (SSSR count). The zero-order chi connectivity index (χ0) is 19.0.